The molecule has 1 saturated carbocycles. The predicted octanol–water partition coefficient (Wildman–Crippen LogP) is 5.55. The molecule has 3 rings (SSSR count). The summed E-state index contributed by atoms with van der Waals surface area (Å²) in [5.74, 6) is 1.08. The predicted molar refractivity (Wildman–Crippen MR) is 137 cm³/mol. The standard InChI is InChI=1S/C26H35ClN2O4S/c1-17(2)33-22-12-9-19(14-23(22)32-4)25(26(31)28-20-10-7-18(3)8-11-20)29(24(30)15-27)16-21-6-5-13-34-21/h5-6,9,12-14,17-18,20,25H,7-8,10-11,15-16H2,1-4H3,(H,28,31)/t18?,20?,25-/m0/s1. The van der Waals surface area contributed by atoms with E-state index in [4.69, 9.17) is 21.1 Å². The van der Waals surface area contributed by atoms with Crippen molar-refractivity contribution in [2.45, 2.75) is 71.2 Å². The molecule has 0 spiro atoms. The van der Waals surface area contributed by atoms with Crippen LogP contribution in [0.5, 0.6) is 11.5 Å². The molecular weight excluding hydrogens is 472 g/mol. The smallest absolute Gasteiger partial charge is 0.247 e. The highest BCUT2D eigenvalue weighted by Crippen LogP contribution is 2.34. The number of thiophene rings is 1. The molecule has 1 aromatic carbocycles. The van der Waals surface area contributed by atoms with E-state index in [-0.39, 0.29) is 29.8 Å². The van der Waals surface area contributed by atoms with Crippen molar-refractivity contribution in [2.75, 3.05) is 13.0 Å². The topological polar surface area (TPSA) is 67.9 Å². The number of hydrogen-bond acceptors (Lipinski definition) is 5. The Hall–Kier alpha value is -2.25. The number of nitrogens with zero attached hydrogens (tertiary/aromatic N) is 1. The van der Waals surface area contributed by atoms with Gasteiger partial charge in [0.05, 0.1) is 19.8 Å². The van der Waals surface area contributed by atoms with Crippen LogP contribution in [0.25, 0.3) is 0 Å². The fourth-order valence-corrected chi connectivity index (χ4v) is 5.19. The number of nitrogens with one attached hydrogen (secondary N) is 1. The summed E-state index contributed by atoms with van der Waals surface area (Å²) in [5, 5.41) is 5.17. The molecule has 6 nitrogen and oxygen atoms in total. The molecule has 1 N–H and O–H groups in total. The molecule has 2 amide bonds. The van der Waals surface area contributed by atoms with E-state index in [2.05, 4.69) is 12.2 Å². The van der Waals surface area contributed by atoms with Gasteiger partial charge < -0.3 is 19.7 Å². The molecule has 8 heteroatoms. The minimum atomic E-state index is -0.838. The second-order valence-corrected chi connectivity index (χ2v) is 10.5. The lowest BCUT2D eigenvalue weighted by molar-refractivity contribution is -0.140. The second-order valence-electron chi connectivity index (χ2n) is 9.18. The highest BCUT2D eigenvalue weighted by Gasteiger charge is 2.34. The molecule has 1 aliphatic carbocycles. The molecular formula is C26H35ClN2O4S. The van der Waals surface area contributed by atoms with Crippen LogP contribution < -0.4 is 14.8 Å². The SMILES string of the molecule is COc1cc([C@@H](C(=O)NC2CCC(C)CC2)N(Cc2cccs2)C(=O)CCl)ccc1OC(C)C. The maximum Gasteiger partial charge on any atom is 0.247 e. The maximum atomic E-state index is 13.7. The molecule has 1 heterocycles. The van der Waals surface area contributed by atoms with E-state index in [1.807, 2.05) is 37.4 Å². The van der Waals surface area contributed by atoms with Gasteiger partial charge >= 0.3 is 0 Å². The highest BCUT2D eigenvalue weighted by molar-refractivity contribution is 7.09. The summed E-state index contributed by atoms with van der Waals surface area (Å²) in [6, 6.07) is 8.57. The molecule has 1 fully saturated rings. The number of ether oxygens (including phenoxy) is 2. The number of halogens is 1. The molecule has 1 aromatic heterocycles. The largest absolute Gasteiger partial charge is 0.493 e. The fourth-order valence-electron chi connectivity index (χ4n) is 4.33. The molecule has 0 bridgehead atoms. The number of hydrogen-bond donors (Lipinski definition) is 1. The van der Waals surface area contributed by atoms with E-state index in [0.29, 0.717) is 29.5 Å². The van der Waals surface area contributed by atoms with Crippen LogP contribution in [-0.2, 0) is 16.1 Å². The Morgan fingerprint density at radius 2 is 1.91 bits per heavy atom. The zero-order chi connectivity index (χ0) is 24.7. The first-order chi connectivity index (χ1) is 16.3. The van der Waals surface area contributed by atoms with E-state index in [1.165, 1.54) is 0 Å². The number of rotatable bonds is 10. The van der Waals surface area contributed by atoms with Gasteiger partial charge in [-0.25, -0.2) is 0 Å². The van der Waals surface area contributed by atoms with Crippen LogP contribution in [0.1, 0.15) is 62.9 Å². The third-order valence-corrected chi connectivity index (χ3v) is 7.22. The number of carbonyl (C=O) groups is 2. The van der Waals surface area contributed by atoms with Gasteiger partial charge in [0.2, 0.25) is 11.8 Å². The van der Waals surface area contributed by atoms with Crippen molar-refractivity contribution in [3.8, 4) is 11.5 Å². The van der Waals surface area contributed by atoms with Crippen LogP contribution in [0.15, 0.2) is 35.7 Å². The summed E-state index contributed by atoms with van der Waals surface area (Å²) in [7, 11) is 1.57. The highest BCUT2D eigenvalue weighted by atomic mass is 35.5. The summed E-state index contributed by atoms with van der Waals surface area (Å²) >= 11 is 7.55. The molecule has 2 aromatic rings. The lowest BCUT2D eigenvalue weighted by atomic mass is 9.87. The van der Waals surface area contributed by atoms with Gasteiger partial charge in [0, 0.05) is 10.9 Å². The number of benzene rings is 1. The van der Waals surface area contributed by atoms with Gasteiger partial charge in [-0.1, -0.05) is 19.1 Å². The molecule has 1 atom stereocenters. The van der Waals surface area contributed by atoms with E-state index in [1.54, 1.807) is 35.5 Å². The maximum absolute atomic E-state index is 13.7. The van der Waals surface area contributed by atoms with Crippen LogP contribution in [0.3, 0.4) is 0 Å². The third kappa shape index (κ3) is 6.89. The summed E-state index contributed by atoms with van der Waals surface area (Å²) in [6.45, 7) is 6.43. The van der Waals surface area contributed by atoms with Crippen molar-refractivity contribution in [1.29, 1.82) is 0 Å². The van der Waals surface area contributed by atoms with Gasteiger partial charge in [-0.15, -0.1) is 22.9 Å². The zero-order valence-corrected chi connectivity index (χ0v) is 22.0. The summed E-state index contributed by atoms with van der Waals surface area (Å²) < 4.78 is 11.4. The lowest BCUT2D eigenvalue weighted by Gasteiger charge is -2.34. The van der Waals surface area contributed by atoms with Crippen molar-refractivity contribution in [2.24, 2.45) is 5.92 Å². The van der Waals surface area contributed by atoms with Gasteiger partial charge in [-0.05, 0) is 74.6 Å². The van der Waals surface area contributed by atoms with Crippen molar-refractivity contribution in [3.05, 3.63) is 46.2 Å². The Morgan fingerprint density at radius 1 is 1.18 bits per heavy atom. The second kappa shape index (κ2) is 12.5. The number of methoxy groups -OCH3 is 1. The first-order valence-electron chi connectivity index (χ1n) is 11.8. The van der Waals surface area contributed by atoms with Crippen molar-refractivity contribution in [1.82, 2.24) is 10.2 Å². The van der Waals surface area contributed by atoms with Gasteiger partial charge in [0.25, 0.3) is 0 Å². The van der Waals surface area contributed by atoms with Crippen molar-refractivity contribution < 1.29 is 19.1 Å². The van der Waals surface area contributed by atoms with E-state index in [0.717, 1.165) is 30.6 Å². The quantitative estimate of drug-likeness (QED) is 0.429. The van der Waals surface area contributed by atoms with Crippen LogP contribution in [-0.4, -0.2) is 41.8 Å². The Kier molecular flexibility index (Phi) is 9.65. The third-order valence-electron chi connectivity index (χ3n) is 6.13. The molecule has 34 heavy (non-hydrogen) atoms. The van der Waals surface area contributed by atoms with Crippen LogP contribution in [0, 0.1) is 5.92 Å². The minimum Gasteiger partial charge on any atom is -0.493 e. The Bertz CT molecular complexity index is 942. The molecule has 0 saturated heterocycles. The summed E-state index contributed by atoms with van der Waals surface area (Å²) in [4.78, 5) is 29.3. The van der Waals surface area contributed by atoms with Gasteiger partial charge in [-0.3, -0.25) is 9.59 Å². The molecule has 186 valence electrons. The lowest BCUT2D eigenvalue weighted by Crippen LogP contribution is -2.47. The van der Waals surface area contributed by atoms with Crippen molar-refractivity contribution >= 4 is 34.8 Å². The number of alkyl halides is 1. The molecule has 0 unspecified atom stereocenters. The Labute approximate surface area is 211 Å². The van der Waals surface area contributed by atoms with Crippen molar-refractivity contribution in [3.63, 3.8) is 0 Å². The normalized spacial score (nSPS) is 18.9. The Balaban J connectivity index is 1.97. The first-order valence-corrected chi connectivity index (χ1v) is 13.3. The average molecular weight is 507 g/mol. The van der Waals surface area contributed by atoms with E-state index >= 15 is 0 Å². The summed E-state index contributed by atoms with van der Waals surface area (Å²) in [5.41, 5.74) is 0.657. The monoisotopic (exact) mass is 506 g/mol. The number of carbonyl (C=O) groups excluding carboxylic acids is 2. The van der Waals surface area contributed by atoms with E-state index < -0.39 is 6.04 Å². The Morgan fingerprint density at radius 3 is 2.50 bits per heavy atom. The molecule has 0 aliphatic heterocycles. The molecule has 0 radical (unpaired) electrons. The van der Waals surface area contributed by atoms with Gasteiger partial charge in [0.1, 0.15) is 11.9 Å². The van der Waals surface area contributed by atoms with Gasteiger partial charge in [-0.2, -0.15) is 0 Å². The van der Waals surface area contributed by atoms with Crippen LogP contribution in [0.2, 0.25) is 0 Å². The molecule has 1 aliphatic rings. The van der Waals surface area contributed by atoms with Gasteiger partial charge in [0.15, 0.2) is 11.5 Å². The average Bonchev–Trinajstić information content (AvgIpc) is 3.33. The van der Waals surface area contributed by atoms with Crippen LogP contribution in [0.4, 0.5) is 0 Å². The summed E-state index contributed by atoms with van der Waals surface area (Å²) in [6.07, 6.45) is 4.03. The zero-order valence-electron chi connectivity index (χ0n) is 20.4. The fraction of sp³-hybridized carbons (Fsp3) is 0.538. The van der Waals surface area contributed by atoms with E-state index in [9.17, 15) is 9.59 Å². The van der Waals surface area contributed by atoms with Crippen LogP contribution >= 0.6 is 22.9 Å². The number of amides is 2. The minimum absolute atomic E-state index is 0.0271. The first kappa shape index (κ1) is 26.4.